The van der Waals surface area contributed by atoms with Crippen LogP contribution in [0.3, 0.4) is 0 Å². The summed E-state index contributed by atoms with van der Waals surface area (Å²) in [6, 6.07) is -1.24. The molecule has 1 aromatic carbocycles. The van der Waals surface area contributed by atoms with Gasteiger partial charge in [-0.1, -0.05) is 24.2 Å². The number of H-pyrrole nitrogens is 1. The highest BCUT2D eigenvalue weighted by molar-refractivity contribution is 6.63. The van der Waals surface area contributed by atoms with Gasteiger partial charge in [0, 0.05) is 5.56 Å². The molecule has 1 N–H and O–H groups in total. The molecule has 0 radical (unpaired) electrons. The molecule has 2 heterocycles. The Balaban J connectivity index is 2.25. The molecule has 1 fully saturated rings. The zero-order chi connectivity index (χ0) is 17.9. The Labute approximate surface area is 123 Å². The lowest BCUT2D eigenvalue weighted by Crippen LogP contribution is -2.41. The molecule has 7 heteroatoms. The number of aromatic nitrogens is 4. The van der Waals surface area contributed by atoms with Crippen molar-refractivity contribution in [2.24, 2.45) is 0 Å². The van der Waals surface area contributed by atoms with E-state index in [4.69, 9.17) is 14.8 Å². The van der Waals surface area contributed by atoms with Crippen molar-refractivity contribution in [1.29, 1.82) is 0 Å². The first-order valence-electron chi connectivity index (χ1n) is 8.26. The fourth-order valence-electron chi connectivity index (χ4n) is 1.90. The van der Waals surface area contributed by atoms with Crippen LogP contribution in [0.15, 0.2) is 24.2 Å². The van der Waals surface area contributed by atoms with Crippen LogP contribution >= 0.6 is 0 Å². The van der Waals surface area contributed by atoms with Gasteiger partial charge in [-0.2, -0.15) is 5.21 Å². The van der Waals surface area contributed by atoms with E-state index in [1.54, 1.807) is 0 Å². The molecule has 104 valence electrons. The van der Waals surface area contributed by atoms with Crippen LogP contribution in [0.5, 0.6) is 0 Å². The Morgan fingerprint density at radius 1 is 1.15 bits per heavy atom. The molecule has 3 rings (SSSR count). The van der Waals surface area contributed by atoms with Crippen molar-refractivity contribution in [2.45, 2.75) is 38.9 Å². The van der Waals surface area contributed by atoms with Crippen LogP contribution in [0.25, 0.3) is 11.4 Å². The van der Waals surface area contributed by atoms with Crippen molar-refractivity contribution in [2.75, 3.05) is 0 Å². The maximum atomic E-state index is 8.26. The summed E-state index contributed by atoms with van der Waals surface area (Å²) < 4.78 is 44.2. The van der Waals surface area contributed by atoms with Gasteiger partial charge in [0.25, 0.3) is 0 Å². The van der Waals surface area contributed by atoms with Crippen LogP contribution in [-0.4, -0.2) is 38.9 Å². The van der Waals surface area contributed by atoms with Gasteiger partial charge >= 0.3 is 7.12 Å². The predicted molar refractivity (Wildman–Crippen MR) is 75.3 cm³/mol. The zero-order valence-corrected chi connectivity index (χ0v) is 11.7. The second kappa shape index (κ2) is 4.39. The molecule has 0 spiro atoms. The Kier molecular flexibility index (Phi) is 2.03. The standard InChI is InChI=1S/C13H17BN4O2/c1-12(2)13(3,4)20-14(19-12)10-8-6-5-7-9(10)11-15-17-18-16-11/h5-8H,1-4H3,(H,15,16,17,18)/i5D,6D,7D,8D. The topological polar surface area (TPSA) is 72.9 Å². The van der Waals surface area contributed by atoms with Crippen LogP contribution in [0, 0.1) is 0 Å². The van der Waals surface area contributed by atoms with Gasteiger partial charge in [-0.15, -0.1) is 10.2 Å². The van der Waals surface area contributed by atoms with E-state index >= 15 is 0 Å². The number of hydrogen-bond acceptors (Lipinski definition) is 5. The predicted octanol–water partition coefficient (Wildman–Crippen LogP) is 1.17. The first kappa shape index (κ1) is 9.25. The monoisotopic (exact) mass is 276 g/mol. The molecule has 1 aromatic heterocycles. The van der Waals surface area contributed by atoms with E-state index in [-0.39, 0.29) is 41.0 Å². The summed E-state index contributed by atoms with van der Waals surface area (Å²) >= 11 is 0. The third kappa shape index (κ3) is 2.03. The van der Waals surface area contributed by atoms with E-state index in [0.29, 0.717) is 0 Å². The van der Waals surface area contributed by atoms with Crippen molar-refractivity contribution in [3.8, 4) is 11.4 Å². The highest BCUT2D eigenvalue weighted by Crippen LogP contribution is 2.37. The van der Waals surface area contributed by atoms with Crippen LogP contribution < -0.4 is 5.46 Å². The number of rotatable bonds is 2. The first-order chi connectivity index (χ1) is 11.1. The minimum absolute atomic E-state index is 0.0618. The van der Waals surface area contributed by atoms with Crippen molar-refractivity contribution in [3.63, 3.8) is 0 Å². The molecule has 0 unspecified atom stereocenters. The lowest BCUT2D eigenvalue weighted by atomic mass is 9.76. The van der Waals surface area contributed by atoms with E-state index in [1.165, 1.54) is 0 Å². The summed E-state index contributed by atoms with van der Waals surface area (Å²) in [7, 11) is -0.968. The average Bonchev–Trinajstić information content (AvgIpc) is 3.07. The van der Waals surface area contributed by atoms with Gasteiger partial charge in [0.15, 0.2) is 0 Å². The second-order valence-electron chi connectivity index (χ2n) is 5.61. The number of hydrogen-bond donors (Lipinski definition) is 1. The van der Waals surface area contributed by atoms with Gasteiger partial charge in [0.1, 0.15) is 0 Å². The molecule has 20 heavy (non-hydrogen) atoms. The summed E-state index contributed by atoms with van der Waals surface area (Å²) in [6.07, 6.45) is 0. The quantitative estimate of drug-likeness (QED) is 0.833. The van der Waals surface area contributed by atoms with Crippen molar-refractivity contribution >= 4 is 12.6 Å². The van der Waals surface area contributed by atoms with Crippen LogP contribution in [0.2, 0.25) is 0 Å². The molecular formula is C13H17BN4O2. The number of nitrogens with zero attached hydrogens (tertiary/aromatic N) is 3. The highest BCUT2D eigenvalue weighted by atomic mass is 16.7. The van der Waals surface area contributed by atoms with Gasteiger partial charge in [-0.3, -0.25) is 0 Å². The van der Waals surface area contributed by atoms with Gasteiger partial charge < -0.3 is 9.31 Å². The molecule has 6 nitrogen and oxygen atoms in total. The molecule has 0 bridgehead atoms. The molecule has 0 amide bonds. The summed E-state index contributed by atoms with van der Waals surface area (Å²) in [5.74, 6) is 0.0618. The van der Waals surface area contributed by atoms with Gasteiger partial charge in [0.2, 0.25) is 5.82 Å². The summed E-state index contributed by atoms with van der Waals surface area (Å²) in [6.45, 7) is 7.47. The normalized spacial score (nSPS) is 23.1. The van der Waals surface area contributed by atoms with Crippen LogP contribution in [-0.2, 0) is 9.31 Å². The Morgan fingerprint density at radius 2 is 1.80 bits per heavy atom. The molecular weight excluding hydrogens is 255 g/mol. The van der Waals surface area contributed by atoms with Crippen LogP contribution in [0.1, 0.15) is 33.2 Å². The summed E-state index contributed by atoms with van der Waals surface area (Å²) in [5, 5.41) is 13.5. The number of tetrazole rings is 1. The summed E-state index contributed by atoms with van der Waals surface area (Å²) in [5.41, 5.74) is -1.01. The Morgan fingerprint density at radius 3 is 2.40 bits per heavy atom. The lowest BCUT2D eigenvalue weighted by molar-refractivity contribution is 0.00578. The summed E-state index contributed by atoms with van der Waals surface area (Å²) in [4.78, 5) is 0. The number of nitrogens with one attached hydrogen (secondary N) is 1. The third-order valence-electron chi connectivity index (χ3n) is 3.77. The Bertz CT molecular complexity index is 782. The lowest BCUT2D eigenvalue weighted by Gasteiger charge is -2.32. The van der Waals surface area contributed by atoms with E-state index < -0.39 is 18.3 Å². The van der Waals surface area contributed by atoms with E-state index in [0.717, 1.165) is 0 Å². The molecule has 0 atom stereocenters. The van der Waals surface area contributed by atoms with Gasteiger partial charge in [-0.05, 0) is 38.4 Å². The number of benzene rings is 1. The van der Waals surface area contributed by atoms with Crippen molar-refractivity contribution < 1.29 is 14.8 Å². The molecule has 1 aliphatic rings. The first-order valence-corrected chi connectivity index (χ1v) is 6.26. The fourth-order valence-corrected chi connectivity index (χ4v) is 1.90. The zero-order valence-electron chi connectivity index (χ0n) is 15.7. The van der Waals surface area contributed by atoms with E-state index in [1.807, 2.05) is 27.7 Å². The van der Waals surface area contributed by atoms with E-state index in [2.05, 4.69) is 20.6 Å². The number of aromatic amines is 1. The van der Waals surface area contributed by atoms with Crippen molar-refractivity contribution in [3.05, 3.63) is 24.2 Å². The van der Waals surface area contributed by atoms with Gasteiger partial charge in [-0.25, -0.2) is 0 Å². The molecule has 1 aliphatic heterocycles. The second-order valence-corrected chi connectivity index (χ2v) is 5.61. The van der Waals surface area contributed by atoms with Crippen molar-refractivity contribution in [1.82, 2.24) is 20.6 Å². The minimum Gasteiger partial charge on any atom is -0.399 e. The smallest absolute Gasteiger partial charge is 0.399 e. The van der Waals surface area contributed by atoms with E-state index in [9.17, 15) is 0 Å². The molecule has 0 saturated carbocycles. The Hall–Kier alpha value is -1.73. The van der Waals surface area contributed by atoms with Gasteiger partial charge in [0.05, 0.1) is 16.7 Å². The van der Waals surface area contributed by atoms with Crippen LogP contribution in [0.4, 0.5) is 0 Å². The molecule has 1 saturated heterocycles. The minimum atomic E-state index is -0.968. The highest BCUT2D eigenvalue weighted by Gasteiger charge is 2.52. The molecule has 2 aromatic rings. The largest absolute Gasteiger partial charge is 0.495 e. The molecule has 0 aliphatic carbocycles. The average molecular weight is 276 g/mol. The third-order valence-corrected chi connectivity index (χ3v) is 3.77. The fraction of sp³-hybridized carbons (Fsp3) is 0.462. The maximum Gasteiger partial charge on any atom is 0.495 e. The SMILES string of the molecule is [2H]c1c([2H])c([2H])c(-c2nn[nH]n2)c(B2OC(C)(C)C(C)(C)O2)c1[2H]. The maximum absolute atomic E-state index is 8.26.